The Kier molecular flexibility index (Phi) is 13.4. The highest BCUT2D eigenvalue weighted by atomic mass is 19.4. The van der Waals surface area contributed by atoms with Gasteiger partial charge < -0.3 is 47.8 Å². The second-order valence-corrected chi connectivity index (χ2v) is 10.5. The van der Waals surface area contributed by atoms with E-state index < -0.39 is 41.7 Å². The molecular weight excluding hydrogens is 722 g/mol. The molecule has 0 aliphatic rings. The number of nitrogens with one attached hydrogen (secondary N) is 3. The molecule has 0 radical (unpaired) electrons. The Morgan fingerprint density at radius 3 is 1.61 bits per heavy atom. The molecule has 0 saturated carbocycles. The van der Waals surface area contributed by atoms with E-state index in [1.165, 1.54) is 79.1 Å². The van der Waals surface area contributed by atoms with E-state index in [4.69, 9.17) is 37.1 Å². The molecule has 0 fully saturated rings. The maximum atomic E-state index is 13.5. The first-order valence-corrected chi connectivity index (χ1v) is 14.8. The lowest BCUT2D eigenvalue weighted by atomic mass is 10.1. The molecule has 278 valence electrons. The average Bonchev–Trinajstić information content (AvgIpc) is 3.66. The van der Waals surface area contributed by atoms with Crippen molar-refractivity contribution >= 4 is 63.8 Å². The van der Waals surface area contributed by atoms with Crippen molar-refractivity contribution < 1.29 is 56.2 Å². The number of furan rings is 1. The van der Waals surface area contributed by atoms with E-state index in [2.05, 4.69) is 10.6 Å². The third-order valence-corrected chi connectivity index (χ3v) is 6.58. The van der Waals surface area contributed by atoms with Gasteiger partial charge in [0.1, 0.15) is 11.9 Å². The maximum absolute atomic E-state index is 13.5. The minimum absolute atomic E-state index is 0.0555. The summed E-state index contributed by atoms with van der Waals surface area (Å²) in [5, 5.41) is 33.1. The summed E-state index contributed by atoms with van der Waals surface area (Å²) in [4.78, 5) is 56.3. The Hall–Kier alpha value is -7.88. The number of aromatic carboxylic acids is 2. The minimum atomic E-state index is -4.99. The lowest BCUT2D eigenvalue weighted by Gasteiger charge is -2.09. The van der Waals surface area contributed by atoms with E-state index in [-0.39, 0.29) is 56.5 Å². The Balaban J connectivity index is 0.000000219. The van der Waals surface area contributed by atoms with Gasteiger partial charge in [0, 0.05) is 17.1 Å². The van der Waals surface area contributed by atoms with Crippen LogP contribution >= 0.6 is 0 Å². The molecule has 3 amide bonds. The van der Waals surface area contributed by atoms with Gasteiger partial charge in [0.25, 0.3) is 11.8 Å². The number of anilines is 6. The number of carboxylic acid groups (broad SMARTS) is 2. The van der Waals surface area contributed by atoms with E-state index in [0.29, 0.717) is 5.69 Å². The lowest BCUT2D eigenvalue weighted by Crippen LogP contribution is -2.30. The number of hydrogen-bond donors (Lipinski definition) is 8. The molecule has 4 aromatic carbocycles. The van der Waals surface area contributed by atoms with Gasteiger partial charge in [0.2, 0.25) is 0 Å². The SMILES string of the molecule is N#Cc1cc(N)ccc1NC(=O)C(F)(F)F.Nc1ccc(NC(=O)c2ccccc2F)c(C(=O)O)c1.Nc1ccc(NC(=O)c2ccco2)c(C(=O)O)c1. The average molecular weight is 750 g/mol. The maximum Gasteiger partial charge on any atom is 0.471 e. The number of hydrogen-bond acceptors (Lipinski definition) is 10. The first-order valence-electron chi connectivity index (χ1n) is 14.8. The fourth-order valence-electron chi connectivity index (χ4n) is 4.08. The van der Waals surface area contributed by atoms with Crippen LogP contribution in [0.5, 0.6) is 0 Å². The van der Waals surface area contributed by atoms with Crippen molar-refractivity contribution in [2.75, 3.05) is 33.2 Å². The van der Waals surface area contributed by atoms with Crippen LogP contribution in [0.1, 0.15) is 47.2 Å². The van der Waals surface area contributed by atoms with Crippen molar-refractivity contribution in [3.8, 4) is 6.07 Å². The van der Waals surface area contributed by atoms with Crippen LogP contribution in [0.25, 0.3) is 0 Å². The van der Waals surface area contributed by atoms with Crippen LogP contribution in [0.3, 0.4) is 0 Å². The summed E-state index contributed by atoms with van der Waals surface area (Å²) >= 11 is 0. The highest BCUT2D eigenvalue weighted by molar-refractivity contribution is 6.08. The molecule has 0 aliphatic heterocycles. The quantitative estimate of drug-likeness (QED) is 0.0723. The number of carbonyl (C=O) groups is 5. The molecule has 1 aromatic heterocycles. The summed E-state index contributed by atoms with van der Waals surface area (Å²) in [5.74, 6) is -6.37. The molecule has 5 rings (SSSR count). The van der Waals surface area contributed by atoms with Crippen molar-refractivity contribution in [2.24, 2.45) is 0 Å². The number of nitriles is 1. The van der Waals surface area contributed by atoms with Crippen LogP contribution in [-0.2, 0) is 4.79 Å². The summed E-state index contributed by atoms with van der Waals surface area (Å²) in [6.45, 7) is 0. The lowest BCUT2D eigenvalue weighted by molar-refractivity contribution is -0.167. The smallest absolute Gasteiger partial charge is 0.471 e. The van der Waals surface area contributed by atoms with E-state index >= 15 is 0 Å². The van der Waals surface area contributed by atoms with Gasteiger partial charge in [0.15, 0.2) is 5.76 Å². The van der Waals surface area contributed by atoms with E-state index in [1.807, 2.05) is 0 Å². The fraction of sp³-hybridized carbons (Fsp3) is 0.0286. The number of nitrogens with two attached hydrogens (primary N) is 3. The van der Waals surface area contributed by atoms with Crippen LogP contribution in [-0.4, -0.2) is 46.0 Å². The number of nitrogens with zero attached hydrogens (tertiary/aromatic N) is 1. The Morgan fingerprint density at radius 2 is 1.15 bits per heavy atom. The molecular formula is C35H27F4N7O8. The van der Waals surface area contributed by atoms with E-state index in [9.17, 15) is 41.5 Å². The third-order valence-electron chi connectivity index (χ3n) is 6.58. The van der Waals surface area contributed by atoms with Gasteiger partial charge in [-0.05, 0) is 78.9 Å². The molecule has 11 N–H and O–H groups in total. The van der Waals surface area contributed by atoms with Gasteiger partial charge in [-0.2, -0.15) is 18.4 Å². The fourth-order valence-corrected chi connectivity index (χ4v) is 4.08. The topological polar surface area (TPSA) is 277 Å². The molecule has 0 saturated heterocycles. The zero-order valence-corrected chi connectivity index (χ0v) is 27.3. The standard InChI is InChI=1S/C14H11FN2O3.C12H10N2O4.C9H6F3N3O/c15-11-4-2-1-3-9(11)13(18)17-12-6-5-8(16)7-10(12)14(19)20;13-7-3-4-9(8(6-7)12(16)17)14-11(15)10-2-1-5-18-10;10-9(11,12)8(16)15-7-2-1-6(14)3-5(7)4-13/h1-7H,16H2,(H,17,18)(H,19,20);1-6H,13H2,(H,14,15)(H,16,17);1-3H,14H2,(H,15,16). The summed E-state index contributed by atoms with van der Waals surface area (Å²) in [6, 6.07) is 21.9. The van der Waals surface area contributed by atoms with Gasteiger partial charge in [0.05, 0.1) is 45.6 Å². The molecule has 15 nitrogen and oxygen atoms in total. The number of alkyl halides is 3. The summed E-state index contributed by atoms with van der Waals surface area (Å²) in [6.07, 6.45) is -3.63. The first-order chi connectivity index (χ1) is 25.4. The number of amides is 3. The predicted molar refractivity (Wildman–Crippen MR) is 187 cm³/mol. The molecule has 0 unspecified atom stereocenters. The van der Waals surface area contributed by atoms with Crippen molar-refractivity contribution in [1.29, 1.82) is 5.26 Å². The van der Waals surface area contributed by atoms with Gasteiger partial charge in [-0.25, -0.2) is 14.0 Å². The summed E-state index contributed by atoms with van der Waals surface area (Å²) in [7, 11) is 0. The zero-order chi connectivity index (χ0) is 40.2. The van der Waals surface area contributed by atoms with Crippen LogP contribution in [0, 0.1) is 17.1 Å². The van der Waals surface area contributed by atoms with Gasteiger partial charge in [-0.1, -0.05) is 12.1 Å². The van der Waals surface area contributed by atoms with Crippen LogP contribution in [0.4, 0.5) is 51.7 Å². The minimum Gasteiger partial charge on any atom is -0.478 e. The van der Waals surface area contributed by atoms with Gasteiger partial charge >= 0.3 is 24.0 Å². The van der Waals surface area contributed by atoms with Crippen LogP contribution in [0.2, 0.25) is 0 Å². The predicted octanol–water partition coefficient (Wildman–Crippen LogP) is 5.81. The second-order valence-electron chi connectivity index (χ2n) is 10.5. The van der Waals surface area contributed by atoms with E-state index in [1.54, 1.807) is 17.5 Å². The van der Waals surface area contributed by atoms with Crippen LogP contribution in [0.15, 0.2) is 102 Å². The molecule has 0 bridgehead atoms. The number of carboxylic acids is 2. The van der Waals surface area contributed by atoms with Crippen molar-refractivity contribution in [2.45, 2.75) is 6.18 Å². The number of carbonyl (C=O) groups excluding carboxylic acids is 3. The van der Waals surface area contributed by atoms with Crippen LogP contribution < -0.4 is 33.2 Å². The number of nitrogen functional groups attached to an aromatic ring is 3. The Bertz CT molecular complexity index is 2240. The molecule has 0 spiro atoms. The first kappa shape index (κ1) is 40.5. The molecule has 0 atom stereocenters. The summed E-state index contributed by atoms with van der Waals surface area (Å²) in [5.41, 5.74) is 16.6. The van der Waals surface area contributed by atoms with Gasteiger partial charge in [-0.3, -0.25) is 14.4 Å². The number of benzene rings is 4. The molecule has 0 aliphatic carbocycles. The van der Waals surface area contributed by atoms with E-state index in [0.717, 1.165) is 12.1 Å². The molecule has 1 heterocycles. The largest absolute Gasteiger partial charge is 0.478 e. The molecule has 5 aromatic rings. The van der Waals surface area contributed by atoms with Crippen molar-refractivity contribution in [3.63, 3.8) is 0 Å². The second kappa shape index (κ2) is 17.9. The highest BCUT2D eigenvalue weighted by Crippen LogP contribution is 2.23. The molecule has 54 heavy (non-hydrogen) atoms. The Morgan fingerprint density at radius 1 is 0.648 bits per heavy atom. The zero-order valence-electron chi connectivity index (χ0n) is 27.3. The normalized spacial score (nSPS) is 10.2. The van der Waals surface area contributed by atoms with Crippen molar-refractivity contribution in [3.05, 3.63) is 131 Å². The Labute approximate surface area is 301 Å². The highest BCUT2D eigenvalue weighted by Gasteiger charge is 2.39. The molecule has 19 heteroatoms. The third kappa shape index (κ3) is 11.3. The number of halogens is 4. The van der Waals surface area contributed by atoms with Gasteiger partial charge in [-0.15, -0.1) is 0 Å². The summed E-state index contributed by atoms with van der Waals surface area (Å²) < 4.78 is 54.2. The number of rotatable bonds is 7. The van der Waals surface area contributed by atoms with Crippen molar-refractivity contribution in [1.82, 2.24) is 0 Å². The monoisotopic (exact) mass is 749 g/mol.